The molecule has 1 aromatic heterocycles. The predicted octanol–water partition coefficient (Wildman–Crippen LogP) is 5.15. The number of amides is 1. The Bertz CT molecular complexity index is 979. The van der Waals surface area contributed by atoms with Gasteiger partial charge in [-0.05, 0) is 30.7 Å². The first kappa shape index (κ1) is 17.2. The zero-order valence-corrected chi connectivity index (χ0v) is 15.1. The highest BCUT2D eigenvalue weighted by molar-refractivity contribution is 9.10. The van der Waals surface area contributed by atoms with Gasteiger partial charge in [0.25, 0.3) is 5.91 Å². The number of benzene rings is 2. The van der Waals surface area contributed by atoms with Crippen LogP contribution in [0, 0.1) is 0 Å². The maximum absolute atomic E-state index is 12.2. The summed E-state index contributed by atoms with van der Waals surface area (Å²) in [5.74, 6) is -0.895. The summed E-state index contributed by atoms with van der Waals surface area (Å²) in [5.41, 5.74) is 1.11. The van der Waals surface area contributed by atoms with Crippen molar-refractivity contribution in [2.45, 2.75) is 19.9 Å². The molecule has 25 heavy (non-hydrogen) atoms. The molecule has 0 bridgehead atoms. The molecule has 0 saturated carbocycles. The summed E-state index contributed by atoms with van der Waals surface area (Å²) in [6, 6.07) is 11.9. The molecule has 0 unspecified atom stereocenters. The van der Waals surface area contributed by atoms with Crippen LogP contribution in [0.1, 0.15) is 23.7 Å². The molecular formula is C18H16BrN3O3. The number of aromatic nitrogens is 1. The number of hydrogen-bond donors (Lipinski definition) is 2. The molecule has 0 atom stereocenters. The highest BCUT2D eigenvalue weighted by atomic mass is 79.9. The number of azo groups is 1. The lowest BCUT2D eigenvalue weighted by molar-refractivity contribution is 0.0992. The number of carbonyl (C=O) groups excluding carboxylic acids is 1. The molecule has 0 aliphatic carbocycles. The maximum Gasteiger partial charge on any atom is 0.299 e. The van der Waals surface area contributed by atoms with E-state index in [4.69, 9.17) is 0 Å². The second kappa shape index (κ2) is 7.06. The summed E-state index contributed by atoms with van der Waals surface area (Å²) in [6.45, 7) is 2.64. The summed E-state index contributed by atoms with van der Waals surface area (Å²) < 4.78 is 2.39. The molecule has 0 saturated heterocycles. The third-order valence-corrected chi connectivity index (χ3v) is 4.29. The van der Waals surface area contributed by atoms with Crippen molar-refractivity contribution in [1.82, 2.24) is 4.57 Å². The first-order chi connectivity index (χ1) is 12.0. The van der Waals surface area contributed by atoms with Crippen molar-refractivity contribution < 1.29 is 15.0 Å². The van der Waals surface area contributed by atoms with Gasteiger partial charge in [0, 0.05) is 16.4 Å². The van der Waals surface area contributed by atoms with E-state index in [9.17, 15) is 15.0 Å². The lowest BCUT2D eigenvalue weighted by atomic mass is 10.2. The summed E-state index contributed by atoms with van der Waals surface area (Å²) in [7, 11) is 0. The zero-order chi connectivity index (χ0) is 18.0. The first-order valence-corrected chi connectivity index (χ1v) is 8.57. The molecule has 6 nitrogen and oxygen atoms in total. The molecule has 3 rings (SSSR count). The van der Waals surface area contributed by atoms with Crippen LogP contribution in [-0.2, 0) is 6.54 Å². The van der Waals surface area contributed by atoms with Crippen molar-refractivity contribution in [3.05, 3.63) is 52.5 Å². The van der Waals surface area contributed by atoms with E-state index in [1.807, 2.05) is 31.2 Å². The van der Waals surface area contributed by atoms with Crippen molar-refractivity contribution >= 4 is 38.4 Å². The molecule has 1 amide bonds. The molecule has 0 spiro atoms. The molecule has 128 valence electrons. The van der Waals surface area contributed by atoms with Crippen LogP contribution in [0.5, 0.6) is 11.6 Å². The van der Waals surface area contributed by atoms with Gasteiger partial charge in [0.1, 0.15) is 5.75 Å². The lowest BCUT2D eigenvalue weighted by Crippen LogP contribution is -1.95. The molecule has 0 fully saturated rings. The second-order valence-electron chi connectivity index (χ2n) is 5.51. The summed E-state index contributed by atoms with van der Waals surface area (Å²) in [5, 5.41) is 28.6. The van der Waals surface area contributed by atoms with Gasteiger partial charge in [0.15, 0.2) is 5.69 Å². The van der Waals surface area contributed by atoms with Crippen LogP contribution >= 0.6 is 15.9 Å². The maximum atomic E-state index is 12.2. The van der Waals surface area contributed by atoms with Crippen LogP contribution in [0.15, 0.2) is 57.2 Å². The molecule has 7 heteroatoms. The Hall–Kier alpha value is -2.67. The Morgan fingerprint density at radius 3 is 2.72 bits per heavy atom. The fourth-order valence-electron chi connectivity index (χ4n) is 2.65. The van der Waals surface area contributed by atoms with Crippen molar-refractivity contribution in [1.29, 1.82) is 0 Å². The van der Waals surface area contributed by atoms with Gasteiger partial charge >= 0.3 is 0 Å². The Morgan fingerprint density at radius 2 is 1.96 bits per heavy atom. The molecule has 1 heterocycles. The minimum atomic E-state index is -0.689. The minimum Gasteiger partial charge on any atom is -0.507 e. The highest BCUT2D eigenvalue weighted by Gasteiger charge is 2.17. The summed E-state index contributed by atoms with van der Waals surface area (Å²) in [6.07, 6.45) is 0.841. The van der Waals surface area contributed by atoms with Gasteiger partial charge in [0.05, 0.1) is 11.1 Å². The number of para-hydroxylation sites is 1. The molecule has 2 aromatic carbocycles. The van der Waals surface area contributed by atoms with E-state index in [0.29, 0.717) is 16.4 Å². The number of aromatic hydroxyl groups is 2. The normalized spacial score (nSPS) is 11.4. The monoisotopic (exact) mass is 401 g/mol. The van der Waals surface area contributed by atoms with Gasteiger partial charge in [-0.25, -0.2) is 0 Å². The van der Waals surface area contributed by atoms with Gasteiger partial charge in [-0.1, -0.05) is 41.1 Å². The van der Waals surface area contributed by atoms with E-state index >= 15 is 0 Å². The second-order valence-corrected chi connectivity index (χ2v) is 6.42. The SMILES string of the molecule is CCCn1c(O)c(N=NC(=O)c2cc(Br)ccc2O)c2ccccc21. The number of nitrogens with zero attached hydrogens (tertiary/aromatic N) is 3. The van der Waals surface area contributed by atoms with Crippen LogP contribution in [0.25, 0.3) is 10.9 Å². The average Bonchev–Trinajstić information content (AvgIpc) is 2.87. The number of aryl methyl sites for hydroxylation is 1. The fraction of sp³-hybridized carbons (Fsp3) is 0.167. The number of phenols is 1. The zero-order valence-electron chi connectivity index (χ0n) is 13.5. The van der Waals surface area contributed by atoms with E-state index < -0.39 is 5.91 Å². The Morgan fingerprint density at radius 1 is 1.20 bits per heavy atom. The van der Waals surface area contributed by atoms with E-state index in [2.05, 4.69) is 26.2 Å². The van der Waals surface area contributed by atoms with Gasteiger partial charge in [-0.15, -0.1) is 10.2 Å². The van der Waals surface area contributed by atoms with Crippen LogP contribution < -0.4 is 0 Å². The molecule has 2 N–H and O–H groups in total. The Labute approximate surface area is 152 Å². The summed E-state index contributed by atoms with van der Waals surface area (Å²) in [4.78, 5) is 12.2. The topological polar surface area (TPSA) is 87.2 Å². The van der Waals surface area contributed by atoms with Crippen LogP contribution in [0.2, 0.25) is 0 Å². The third-order valence-electron chi connectivity index (χ3n) is 3.79. The summed E-state index contributed by atoms with van der Waals surface area (Å²) >= 11 is 3.25. The third kappa shape index (κ3) is 3.28. The van der Waals surface area contributed by atoms with Gasteiger partial charge in [-0.3, -0.25) is 4.79 Å². The van der Waals surface area contributed by atoms with Crippen LogP contribution in [-0.4, -0.2) is 20.7 Å². The quantitative estimate of drug-likeness (QED) is 0.592. The first-order valence-electron chi connectivity index (χ1n) is 7.77. The smallest absolute Gasteiger partial charge is 0.299 e. The Balaban J connectivity index is 2.03. The van der Waals surface area contributed by atoms with E-state index in [1.54, 1.807) is 10.6 Å². The number of fused-ring (bicyclic) bond motifs is 1. The Kier molecular flexibility index (Phi) is 4.85. The number of phenolic OH excluding ortho intramolecular Hbond substituents is 1. The van der Waals surface area contributed by atoms with Gasteiger partial charge in [0.2, 0.25) is 5.88 Å². The van der Waals surface area contributed by atoms with Crippen molar-refractivity contribution in [2.75, 3.05) is 0 Å². The van der Waals surface area contributed by atoms with Crippen molar-refractivity contribution in [3.63, 3.8) is 0 Å². The van der Waals surface area contributed by atoms with Crippen LogP contribution in [0.4, 0.5) is 5.69 Å². The van der Waals surface area contributed by atoms with Crippen molar-refractivity contribution in [3.8, 4) is 11.6 Å². The predicted molar refractivity (Wildman–Crippen MR) is 98.5 cm³/mol. The molecule has 3 aromatic rings. The molecular weight excluding hydrogens is 386 g/mol. The number of rotatable bonds is 4. The minimum absolute atomic E-state index is 0.0296. The number of halogens is 1. The fourth-order valence-corrected chi connectivity index (χ4v) is 3.01. The lowest BCUT2D eigenvalue weighted by Gasteiger charge is -2.03. The standard InChI is InChI=1S/C18H16BrN3O3/c1-2-9-22-14-6-4-3-5-12(14)16(18(22)25)20-21-17(24)13-10-11(19)7-8-15(13)23/h3-8,10,23,25H,2,9H2,1H3. The van der Waals surface area contributed by atoms with Gasteiger partial charge < -0.3 is 14.8 Å². The number of hydrogen-bond acceptors (Lipinski definition) is 4. The largest absolute Gasteiger partial charge is 0.507 e. The number of carbonyl (C=O) groups is 1. The van der Waals surface area contributed by atoms with Crippen LogP contribution in [0.3, 0.4) is 0 Å². The van der Waals surface area contributed by atoms with E-state index in [1.165, 1.54) is 12.1 Å². The average molecular weight is 402 g/mol. The molecule has 0 aliphatic heterocycles. The highest BCUT2D eigenvalue weighted by Crippen LogP contribution is 2.39. The van der Waals surface area contributed by atoms with E-state index in [-0.39, 0.29) is 22.9 Å². The van der Waals surface area contributed by atoms with Gasteiger partial charge in [-0.2, -0.15) is 0 Å². The molecule has 0 aliphatic rings. The molecule has 0 radical (unpaired) electrons. The van der Waals surface area contributed by atoms with E-state index in [0.717, 1.165) is 11.9 Å². The van der Waals surface area contributed by atoms with Crippen molar-refractivity contribution in [2.24, 2.45) is 10.2 Å².